The van der Waals surface area contributed by atoms with E-state index in [1.807, 2.05) is 6.92 Å². The number of halogens is 1. The zero-order valence-electron chi connectivity index (χ0n) is 12.0. The van der Waals surface area contributed by atoms with Crippen LogP contribution in [-0.2, 0) is 10.0 Å². The number of hydrogen-bond donors (Lipinski definition) is 1. The van der Waals surface area contributed by atoms with E-state index >= 15 is 0 Å². The van der Waals surface area contributed by atoms with Gasteiger partial charge in [0.15, 0.2) is 0 Å². The first-order valence-corrected chi connectivity index (χ1v) is 9.44. The van der Waals surface area contributed by atoms with Gasteiger partial charge in [-0.25, -0.2) is 8.42 Å². The van der Waals surface area contributed by atoms with Gasteiger partial charge < -0.3 is 5.73 Å². The summed E-state index contributed by atoms with van der Waals surface area (Å²) in [6, 6.07) is 5.18. The van der Waals surface area contributed by atoms with Crippen molar-refractivity contribution in [2.75, 3.05) is 25.4 Å². The van der Waals surface area contributed by atoms with E-state index in [9.17, 15) is 8.42 Å². The zero-order chi connectivity index (χ0) is 15.2. The largest absolute Gasteiger partial charge is 0.398 e. The molecule has 0 bridgehead atoms. The molecule has 1 aromatic carbocycles. The van der Waals surface area contributed by atoms with Crippen LogP contribution in [0.3, 0.4) is 0 Å². The zero-order valence-corrected chi connectivity index (χ0v) is 14.4. The summed E-state index contributed by atoms with van der Waals surface area (Å²) in [4.78, 5) is 2.72. The maximum Gasteiger partial charge on any atom is 0.243 e. The molecule has 0 saturated carbocycles. The molecule has 0 spiro atoms. The van der Waals surface area contributed by atoms with Gasteiger partial charge >= 0.3 is 0 Å². The third-order valence-electron chi connectivity index (χ3n) is 4.46. The van der Waals surface area contributed by atoms with Gasteiger partial charge in [0.25, 0.3) is 0 Å². The van der Waals surface area contributed by atoms with Crippen molar-refractivity contribution in [1.82, 2.24) is 9.21 Å². The molecule has 2 aliphatic heterocycles. The maximum atomic E-state index is 12.9. The Morgan fingerprint density at radius 2 is 2.10 bits per heavy atom. The minimum absolute atomic E-state index is 0.000628. The minimum Gasteiger partial charge on any atom is -0.398 e. The third kappa shape index (κ3) is 2.72. The molecule has 0 aliphatic carbocycles. The van der Waals surface area contributed by atoms with Crippen LogP contribution in [0.1, 0.15) is 19.8 Å². The molecule has 0 aromatic heterocycles. The molecule has 7 heteroatoms. The molecule has 2 fully saturated rings. The summed E-state index contributed by atoms with van der Waals surface area (Å²) < 4.78 is 28.1. The van der Waals surface area contributed by atoms with Gasteiger partial charge in [-0.15, -0.1) is 0 Å². The average molecular weight is 374 g/mol. The Morgan fingerprint density at radius 1 is 1.33 bits per heavy atom. The molecule has 116 valence electrons. The van der Waals surface area contributed by atoms with Crippen LogP contribution < -0.4 is 5.73 Å². The summed E-state index contributed by atoms with van der Waals surface area (Å²) in [5.74, 6) is 0. The van der Waals surface area contributed by atoms with E-state index < -0.39 is 10.0 Å². The SMILES string of the molecule is CC1CN2CCCC2CN1S(=O)(=O)c1ccc(N)c(Br)c1. The van der Waals surface area contributed by atoms with Crippen LogP contribution in [0.25, 0.3) is 0 Å². The van der Waals surface area contributed by atoms with Gasteiger partial charge in [0.1, 0.15) is 0 Å². The number of nitrogens with zero attached hydrogens (tertiary/aromatic N) is 2. The van der Waals surface area contributed by atoms with Crippen molar-refractivity contribution in [3.05, 3.63) is 22.7 Å². The smallest absolute Gasteiger partial charge is 0.243 e. The highest BCUT2D eigenvalue weighted by molar-refractivity contribution is 9.10. The van der Waals surface area contributed by atoms with Crippen LogP contribution in [0.15, 0.2) is 27.6 Å². The van der Waals surface area contributed by atoms with E-state index in [1.54, 1.807) is 22.5 Å². The lowest BCUT2D eigenvalue weighted by Gasteiger charge is -2.41. The van der Waals surface area contributed by atoms with Gasteiger partial charge in [0, 0.05) is 35.3 Å². The number of sulfonamides is 1. The number of anilines is 1. The molecule has 2 heterocycles. The van der Waals surface area contributed by atoms with E-state index in [1.165, 1.54) is 6.42 Å². The molecular formula is C14H20BrN3O2S. The van der Waals surface area contributed by atoms with Crippen molar-refractivity contribution < 1.29 is 8.42 Å². The molecule has 5 nitrogen and oxygen atoms in total. The number of nitrogen functional groups attached to an aromatic ring is 1. The first-order chi connectivity index (χ1) is 9.89. The van der Waals surface area contributed by atoms with Gasteiger partial charge in [-0.05, 0) is 60.4 Å². The molecule has 0 amide bonds. The van der Waals surface area contributed by atoms with Gasteiger partial charge in [-0.2, -0.15) is 4.31 Å². The van der Waals surface area contributed by atoms with E-state index in [-0.39, 0.29) is 6.04 Å². The predicted octanol–water partition coefficient (Wildman–Crippen LogP) is 1.89. The highest BCUT2D eigenvalue weighted by Gasteiger charge is 2.40. The Bertz CT molecular complexity index is 650. The first kappa shape index (κ1) is 15.3. The van der Waals surface area contributed by atoms with Crippen molar-refractivity contribution in [3.8, 4) is 0 Å². The van der Waals surface area contributed by atoms with Crippen molar-refractivity contribution in [2.45, 2.75) is 36.7 Å². The second-order valence-corrected chi connectivity index (χ2v) is 8.64. The van der Waals surface area contributed by atoms with Crippen LogP contribution in [0.4, 0.5) is 5.69 Å². The van der Waals surface area contributed by atoms with Gasteiger partial charge in [0.05, 0.1) is 4.90 Å². The lowest BCUT2D eigenvalue weighted by molar-refractivity contribution is 0.117. The Labute approximate surface area is 134 Å². The first-order valence-electron chi connectivity index (χ1n) is 7.20. The summed E-state index contributed by atoms with van der Waals surface area (Å²) in [5.41, 5.74) is 6.29. The molecule has 2 unspecified atom stereocenters. The standard InChI is InChI=1S/C14H20BrN3O2S/c1-10-8-17-6-2-3-11(17)9-18(10)21(19,20)12-4-5-14(16)13(15)7-12/h4-5,7,10-11H,2-3,6,8-9,16H2,1H3. The summed E-state index contributed by atoms with van der Waals surface area (Å²) in [5, 5.41) is 0. The van der Waals surface area contributed by atoms with E-state index in [2.05, 4.69) is 20.8 Å². The van der Waals surface area contributed by atoms with Crippen LogP contribution in [-0.4, -0.2) is 49.3 Å². The van der Waals surface area contributed by atoms with Crippen LogP contribution in [0, 0.1) is 0 Å². The molecule has 2 saturated heterocycles. The lowest BCUT2D eigenvalue weighted by atomic mass is 10.1. The molecule has 2 aliphatic rings. The molecule has 21 heavy (non-hydrogen) atoms. The lowest BCUT2D eigenvalue weighted by Crippen LogP contribution is -2.56. The number of benzene rings is 1. The molecule has 1 aromatic rings. The summed E-state index contributed by atoms with van der Waals surface area (Å²) in [6.07, 6.45) is 2.25. The average Bonchev–Trinajstić information content (AvgIpc) is 2.87. The molecule has 3 rings (SSSR count). The van der Waals surface area contributed by atoms with Crippen molar-refractivity contribution in [3.63, 3.8) is 0 Å². The molecular weight excluding hydrogens is 354 g/mol. The Balaban J connectivity index is 1.91. The van der Waals surface area contributed by atoms with E-state index in [0.717, 1.165) is 19.5 Å². The molecule has 2 atom stereocenters. The fraction of sp³-hybridized carbons (Fsp3) is 0.571. The Hall–Kier alpha value is -0.630. The fourth-order valence-corrected chi connectivity index (χ4v) is 5.52. The normalized spacial score (nSPS) is 27.7. The summed E-state index contributed by atoms with van der Waals surface area (Å²) in [6.45, 7) is 4.49. The number of fused-ring (bicyclic) bond motifs is 1. The number of piperazine rings is 1. The number of nitrogens with two attached hydrogens (primary N) is 1. The van der Waals surface area contributed by atoms with Crippen molar-refractivity contribution in [1.29, 1.82) is 0 Å². The van der Waals surface area contributed by atoms with Crippen LogP contribution in [0.2, 0.25) is 0 Å². The van der Waals surface area contributed by atoms with Crippen molar-refractivity contribution in [2.24, 2.45) is 0 Å². The Morgan fingerprint density at radius 3 is 2.81 bits per heavy atom. The molecule has 2 N–H and O–H groups in total. The third-order valence-corrected chi connectivity index (χ3v) is 7.12. The second kappa shape index (κ2) is 5.53. The molecule has 0 radical (unpaired) electrons. The quantitative estimate of drug-likeness (QED) is 0.803. The minimum atomic E-state index is -3.47. The van der Waals surface area contributed by atoms with E-state index in [4.69, 9.17) is 5.73 Å². The number of hydrogen-bond acceptors (Lipinski definition) is 4. The number of rotatable bonds is 2. The Kier molecular flexibility index (Phi) is 4.02. The fourth-order valence-electron chi connectivity index (χ4n) is 3.30. The van der Waals surface area contributed by atoms with Gasteiger partial charge in [-0.3, -0.25) is 4.90 Å². The second-order valence-electron chi connectivity index (χ2n) is 5.90. The summed E-state index contributed by atoms with van der Waals surface area (Å²) in [7, 11) is -3.47. The summed E-state index contributed by atoms with van der Waals surface area (Å²) >= 11 is 3.31. The van der Waals surface area contributed by atoms with Gasteiger partial charge in [-0.1, -0.05) is 0 Å². The monoisotopic (exact) mass is 373 g/mol. The van der Waals surface area contributed by atoms with E-state index in [0.29, 0.717) is 27.6 Å². The van der Waals surface area contributed by atoms with Crippen LogP contribution in [0.5, 0.6) is 0 Å². The highest BCUT2D eigenvalue weighted by atomic mass is 79.9. The predicted molar refractivity (Wildman–Crippen MR) is 86.5 cm³/mol. The van der Waals surface area contributed by atoms with Crippen molar-refractivity contribution >= 4 is 31.6 Å². The topological polar surface area (TPSA) is 66.6 Å². The van der Waals surface area contributed by atoms with Gasteiger partial charge in [0.2, 0.25) is 10.0 Å². The highest BCUT2D eigenvalue weighted by Crippen LogP contribution is 2.31. The van der Waals surface area contributed by atoms with Crippen LogP contribution >= 0.6 is 15.9 Å². The maximum absolute atomic E-state index is 12.9.